The molecule has 29 heavy (non-hydrogen) atoms. The summed E-state index contributed by atoms with van der Waals surface area (Å²) in [5.74, 6) is -1.11. The highest BCUT2D eigenvalue weighted by Gasteiger charge is 2.56. The molecule has 2 aliphatic heterocycles. The minimum Gasteiger partial charge on any atom is -0.350 e. The van der Waals surface area contributed by atoms with Gasteiger partial charge in [0.05, 0.1) is 23.0 Å². The van der Waals surface area contributed by atoms with Gasteiger partial charge >= 0.3 is 0 Å². The van der Waals surface area contributed by atoms with E-state index < -0.39 is 11.2 Å². The molecule has 3 aliphatic rings. The molecule has 152 valence electrons. The van der Waals surface area contributed by atoms with E-state index >= 15 is 0 Å². The second-order valence-corrected chi connectivity index (χ2v) is 9.33. The van der Waals surface area contributed by atoms with Gasteiger partial charge in [0.1, 0.15) is 5.92 Å². The summed E-state index contributed by atoms with van der Waals surface area (Å²) in [6.07, 6.45) is 2.55. The number of carbonyl (C=O) groups excluding carboxylic acids is 3. The largest absolute Gasteiger partial charge is 0.350 e. The van der Waals surface area contributed by atoms with Gasteiger partial charge in [0.2, 0.25) is 17.7 Å². The van der Waals surface area contributed by atoms with Crippen LogP contribution in [-0.4, -0.2) is 47.0 Å². The summed E-state index contributed by atoms with van der Waals surface area (Å²) in [5.41, 5.74) is 0.725. The smallest absolute Gasteiger partial charge is 0.238 e. The molecule has 1 aromatic carbocycles. The molecule has 3 unspecified atom stereocenters. The standard InChI is InChI=1S/C21H24N4O3S/c1-2-13(10-22)19(27)24-17-11-25(12-21(17)7-8-21)18(26)9-16-20(28)23-14-5-3-4-6-15(14)29-16/h3-6,13,16-17H,2,7-9,11-12H2,1H3,(H,23,28)(H,24,27). The number of nitrogens with zero attached hydrogens (tertiary/aromatic N) is 2. The molecule has 3 amide bonds. The van der Waals surface area contributed by atoms with Crippen LogP contribution in [0.5, 0.6) is 0 Å². The van der Waals surface area contributed by atoms with Gasteiger partial charge in [-0.3, -0.25) is 14.4 Å². The van der Waals surface area contributed by atoms with E-state index in [9.17, 15) is 14.4 Å². The summed E-state index contributed by atoms with van der Waals surface area (Å²) in [4.78, 5) is 40.4. The highest BCUT2D eigenvalue weighted by atomic mass is 32.2. The van der Waals surface area contributed by atoms with Crippen LogP contribution >= 0.6 is 11.8 Å². The molecular weight excluding hydrogens is 388 g/mol. The molecule has 1 aromatic rings. The first-order valence-corrected chi connectivity index (χ1v) is 10.9. The van der Waals surface area contributed by atoms with Crippen LogP contribution in [0.3, 0.4) is 0 Å². The number of anilines is 1. The molecule has 1 aliphatic carbocycles. The average Bonchev–Trinajstić information content (AvgIpc) is 3.40. The van der Waals surface area contributed by atoms with Crippen molar-refractivity contribution in [3.8, 4) is 6.07 Å². The number of carbonyl (C=O) groups is 3. The Morgan fingerprint density at radius 1 is 1.41 bits per heavy atom. The number of hydrogen-bond donors (Lipinski definition) is 2. The summed E-state index contributed by atoms with van der Waals surface area (Å²) in [5, 5.41) is 14.5. The van der Waals surface area contributed by atoms with E-state index in [1.54, 1.807) is 4.90 Å². The molecule has 8 heteroatoms. The van der Waals surface area contributed by atoms with E-state index in [2.05, 4.69) is 10.6 Å². The van der Waals surface area contributed by atoms with Gasteiger partial charge in [-0.25, -0.2) is 0 Å². The van der Waals surface area contributed by atoms with Crippen molar-refractivity contribution in [1.82, 2.24) is 10.2 Å². The minimum atomic E-state index is -0.655. The van der Waals surface area contributed by atoms with E-state index in [1.165, 1.54) is 11.8 Å². The molecule has 3 atom stereocenters. The molecule has 1 spiro atoms. The number of thioether (sulfide) groups is 1. The average molecular weight is 413 g/mol. The molecule has 4 rings (SSSR count). The Bertz CT molecular complexity index is 892. The zero-order valence-corrected chi connectivity index (χ0v) is 17.1. The summed E-state index contributed by atoms with van der Waals surface area (Å²) >= 11 is 1.42. The second kappa shape index (κ2) is 7.71. The highest BCUT2D eigenvalue weighted by molar-refractivity contribution is 8.01. The number of benzene rings is 1. The van der Waals surface area contributed by atoms with Crippen molar-refractivity contribution in [1.29, 1.82) is 5.26 Å². The predicted octanol–water partition coefficient (Wildman–Crippen LogP) is 2.15. The van der Waals surface area contributed by atoms with Gasteiger partial charge in [-0.15, -0.1) is 11.8 Å². The molecule has 1 saturated carbocycles. The quantitative estimate of drug-likeness (QED) is 0.771. The third-order valence-electron chi connectivity index (χ3n) is 6.16. The maximum atomic E-state index is 12.9. The third-order valence-corrected chi connectivity index (χ3v) is 7.43. The molecule has 2 heterocycles. The lowest BCUT2D eigenvalue weighted by Crippen LogP contribution is -2.44. The molecule has 2 fully saturated rings. The number of nitrogens with one attached hydrogen (secondary N) is 2. The minimum absolute atomic E-state index is 0.0619. The number of para-hydroxylation sites is 1. The van der Waals surface area contributed by atoms with Crippen molar-refractivity contribution in [3.63, 3.8) is 0 Å². The van der Waals surface area contributed by atoms with Crippen molar-refractivity contribution in [2.24, 2.45) is 11.3 Å². The topological polar surface area (TPSA) is 102 Å². The van der Waals surface area contributed by atoms with Crippen LogP contribution in [0.1, 0.15) is 32.6 Å². The monoisotopic (exact) mass is 412 g/mol. The van der Waals surface area contributed by atoms with Crippen molar-refractivity contribution < 1.29 is 14.4 Å². The SMILES string of the molecule is CCC(C#N)C(=O)NC1CN(C(=O)CC2Sc3ccccc3NC2=O)CC12CC2. The molecular formula is C21H24N4O3S. The maximum Gasteiger partial charge on any atom is 0.238 e. The fourth-order valence-electron chi connectivity index (χ4n) is 4.15. The van der Waals surface area contributed by atoms with Crippen LogP contribution in [0.4, 0.5) is 5.69 Å². The molecule has 0 aromatic heterocycles. The fraction of sp³-hybridized carbons (Fsp3) is 0.524. The van der Waals surface area contributed by atoms with E-state index in [4.69, 9.17) is 5.26 Å². The third kappa shape index (κ3) is 3.84. The first kappa shape index (κ1) is 19.8. The fourth-order valence-corrected chi connectivity index (χ4v) is 5.25. The Kier molecular flexibility index (Phi) is 5.26. The van der Waals surface area contributed by atoms with Crippen molar-refractivity contribution in [3.05, 3.63) is 24.3 Å². The van der Waals surface area contributed by atoms with Crippen molar-refractivity contribution in [2.75, 3.05) is 18.4 Å². The summed E-state index contributed by atoms with van der Waals surface area (Å²) < 4.78 is 0. The zero-order chi connectivity index (χ0) is 20.6. The van der Waals surface area contributed by atoms with Gasteiger partial charge in [-0.1, -0.05) is 19.1 Å². The lowest BCUT2D eigenvalue weighted by atomic mass is 9.99. The van der Waals surface area contributed by atoms with Crippen LogP contribution in [0.15, 0.2) is 29.2 Å². The Morgan fingerprint density at radius 3 is 2.86 bits per heavy atom. The maximum absolute atomic E-state index is 12.9. The van der Waals surface area contributed by atoms with Gasteiger partial charge in [-0.2, -0.15) is 5.26 Å². The number of amides is 3. The Balaban J connectivity index is 1.38. The molecule has 1 saturated heterocycles. The number of nitriles is 1. The normalized spacial score (nSPS) is 25.0. The lowest BCUT2D eigenvalue weighted by Gasteiger charge is -2.25. The van der Waals surface area contributed by atoms with Crippen LogP contribution in [0.2, 0.25) is 0 Å². The number of likely N-dealkylation sites (tertiary alicyclic amines) is 1. The number of hydrogen-bond acceptors (Lipinski definition) is 5. The Hall–Kier alpha value is -2.53. The van der Waals surface area contributed by atoms with Crippen LogP contribution in [0.25, 0.3) is 0 Å². The van der Waals surface area contributed by atoms with Crippen molar-refractivity contribution >= 4 is 35.2 Å². The zero-order valence-electron chi connectivity index (χ0n) is 16.3. The first-order chi connectivity index (χ1) is 14.0. The van der Waals surface area contributed by atoms with E-state index in [0.29, 0.717) is 19.5 Å². The van der Waals surface area contributed by atoms with Gasteiger partial charge in [0.15, 0.2) is 0 Å². The Morgan fingerprint density at radius 2 is 2.17 bits per heavy atom. The molecule has 0 bridgehead atoms. The van der Waals surface area contributed by atoms with Crippen LogP contribution in [-0.2, 0) is 14.4 Å². The van der Waals surface area contributed by atoms with Gasteiger partial charge < -0.3 is 15.5 Å². The summed E-state index contributed by atoms with van der Waals surface area (Å²) in [6.45, 7) is 2.87. The van der Waals surface area contributed by atoms with Crippen molar-refractivity contribution in [2.45, 2.75) is 48.8 Å². The van der Waals surface area contributed by atoms with Gasteiger partial charge in [0, 0.05) is 29.8 Å². The van der Waals surface area contributed by atoms with Crippen LogP contribution < -0.4 is 10.6 Å². The number of rotatable bonds is 5. The lowest BCUT2D eigenvalue weighted by molar-refractivity contribution is -0.132. The van der Waals surface area contributed by atoms with Gasteiger partial charge in [0.25, 0.3) is 0 Å². The molecule has 2 N–H and O–H groups in total. The number of fused-ring (bicyclic) bond motifs is 1. The first-order valence-electron chi connectivity index (χ1n) is 10.00. The predicted molar refractivity (Wildman–Crippen MR) is 109 cm³/mol. The Labute approximate surface area is 174 Å². The van der Waals surface area contributed by atoms with E-state index in [-0.39, 0.29) is 35.6 Å². The molecule has 0 radical (unpaired) electrons. The van der Waals surface area contributed by atoms with Crippen LogP contribution in [0, 0.1) is 22.7 Å². The highest BCUT2D eigenvalue weighted by Crippen LogP contribution is 2.53. The second-order valence-electron chi connectivity index (χ2n) is 8.08. The summed E-state index contributed by atoms with van der Waals surface area (Å²) in [7, 11) is 0. The summed E-state index contributed by atoms with van der Waals surface area (Å²) in [6, 6.07) is 9.50. The van der Waals surface area contributed by atoms with E-state index in [1.807, 2.05) is 37.3 Å². The van der Waals surface area contributed by atoms with Gasteiger partial charge in [-0.05, 0) is 31.4 Å². The molecule has 7 nitrogen and oxygen atoms in total. The van der Waals surface area contributed by atoms with E-state index in [0.717, 1.165) is 23.4 Å².